The number of rotatable bonds is 5. The number of benzene rings is 2. The summed E-state index contributed by atoms with van der Waals surface area (Å²) in [5, 5.41) is 0.473. The lowest BCUT2D eigenvalue weighted by molar-refractivity contribution is 0.404. The van der Waals surface area contributed by atoms with Crippen LogP contribution < -0.4 is 13.8 Å². The highest BCUT2D eigenvalue weighted by molar-refractivity contribution is 7.92. The minimum Gasteiger partial charge on any atom is -0.497 e. The number of halogens is 1. The highest BCUT2D eigenvalue weighted by Crippen LogP contribution is 2.34. The Hall–Kier alpha value is -1.92. The molecule has 0 atom stereocenters. The van der Waals surface area contributed by atoms with Crippen LogP contribution in [0.1, 0.15) is 0 Å². The normalized spacial score (nSPS) is 11.1. The number of anilines is 1. The Bertz CT molecular complexity index is 760. The van der Waals surface area contributed by atoms with Gasteiger partial charge in [0.1, 0.15) is 11.5 Å². The van der Waals surface area contributed by atoms with Crippen LogP contribution in [-0.2, 0) is 10.0 Å². The van der Waals surface area contributed by atoms with Crippen LogP contribution in [0.5, 0.6) is 11.5 Å². The first-order chi connectivity index (χ1) is 10.4. The molecule has 2 aromatic carbocycles. The highest BCUT2D eigenvalue weighted by Gasteiger charge is 2.24. The number of ether oxygens (including phenoxy) is 2. The number of hydrogen-bond donors (Lipinski definition) is 0. The highest BCUT2D eigenvalue weighted by atomic mass is 35.5. The van der Waals surface area contributed by atoms with Crippen molar-refractivity contribution in [2.24, 2.45) is 0 Å². The Balaban J connectivity index is 2.50. The van der Waals surface area contributed by atoms with Crippen LogP contribution in [0.4, 0.5) is 5.69 Å². The van der Waals surface area contributed by atoms with E-state index in [0.29, 0.717) is 22.2 Å². The Labute approximate surface area is 135 Å². The summed E-state index contributed by atoms with van der Waals surface area (Å²) >= 11 is 5.80. The third kappa shape index (κ3) is 3.13. The molecule has 0 aliphatic carbocycles. The number of hydrogen-bond acceptors (Lipinski definition) is 4. The van der Waals surface area contributed by atoms with Gasteiger partial charge in [-0.3, -0.25) is 4.31 Å². The molecular weight excluding hydrogens is 326 g/mol. The van der Waals surface area contributed by atoms with Gasteiger partial charge >= 0.3 is 0 Å². The predicted octanol–water partition coefficient (Wildman–Crippen LogP) is 3.18. The van der Waals surface area contributed by atoms with Crippen molar-refractivity contribution >= 4 is 27.3 Å². The van der Waals surface area contributed by atoms with E-state index >= 15 is 0 Å². The minimum absolute atomic E-state index is 0.143. The first kappa shape index (κ1) is 16.5. The third-order valence-electron chi connectivity index (χ3n) is 3.20. The molecule has 0 heterocycles. The lowest BCUT2D eigenvalue weighted by Crippen LogP contribution is -2.27. The molecule has 0 saturated heterocycles. The van der Waals surface area contributed by atoms with Gasteiger partial charge in [0, 0.05) is 18.1 Å². The van der Waals surface area contributed by atoms with Gasteiger partial charge in [-0.05, 0) is 36.4 Å². The summed E-state index contributed by atoms with van der Waals surface area (Å²) in [6.07, 6.45) is 0. The molecule has 0 fully saturated rings. The van der Waals surface area contributed by atoms with Gasteiger partial charge in [0.05, 0.1) is 24.8 Å². The Kier molecular flexibility index (Phi) is 4.83. The Morgan fingerprint density at radius 2 is 1.64 bits per heavy atom. The summed E-state index contributed by atoms with van der Waals surface area (Å²) in [4.78, 5) is 0.143. The zero-order valence-electron chi connectivity index (χ0n) is 12.4. The van der Waals surface area contributed by atoms with Crippen LogP contribution in [-0.4, -0.2) is 29.7 Å². The van der Waals surface area contributed by atoms with Crippen LogP contribution in [0.2, 0.25) is 5.02 Å². The van der Waals surface area contributed by atoms with E-state index in [1.54, 1.807) is 18.2 Å². The van der Waals surface area contributed by atoms with Crippen LogP contribution >= 0.6 is 11.6 Å². The van der Waals surface area contributed by atoms with E-state index in [1.807, 2.05) is 0 Å². The third-order valence-corrected chi connectivity index (χ3v) is 5.23. The van der Waals surface area contributed by atoms with Crippen LogP contribution in [0.15, 0.2) is 47.4 Å². The summed E-state index contributed by atoms with van der Waals surface area (Å²) in [5.41, 5.74) is 0.386. The maximum atomic E-state index is 12.7. The largest absolute Gasteiger partial charge is 0.497 e. The summed E-state index contributed by atoms with van der Waals surface area (Å²) in [6.45, 7) is 0. The molecule has 5 nitrogen and oxygen atoms in total. The average Bonchev–Trinajstić information content (AvgIpc) is 2.53. The second-order valence-corrected chi connectivity index (χ2v) is 6.87. The fourth-order valence-corrected chi connectivity index (χ4v) is 3.26. The number of methoxy groups -OCH3 is 2. The van der Waals surface area contributed by atoms with Crippen molar-refractivity contribution < 1.29 is 17.9 Å². The van der Waals surface area contributed by atoms with Gasteiger partial charge in [0.15, 0.2) is 0 Å². The quantitative estimate of drug-likeness (QED) is 0.838. The molecule has 22 heavy (non-hydrogen) atoms. The van der Waals surface area contributed by atoms with Gasteiger partial charge < -0.3 is 9.47 Å². The maximum absolute atomic E-state index is 12.7. The second kappa shape index (κ2) is 6.46. The molecule has 0 saturated carbocycles. The first-order valence-corrected chi connectivity index (χ1v) is 8.18. The monoisotopic (exact) mass is 341 g/mol. The fraction of sp³-hybridized carbons (Fsp3) is 0.200. The predicted molar refractivity (Wildman–Crippen MR) is 86.6 cm³/mol. The van der Waals surface area contributed by atoms with E-state index in [9.17, 15) is 8.42 Å². The number of sulfonamides is 1. The summed E-state index contributed by atoms with van der Waals surface area (Å²) in [6, 6.07) is 10.9. The van der Waals surface area contributed by atoms with Crippen molar-refractivity contribution in [3.05, 3.63) is 47.5 Å². The van der Waals surface area contributed by atoms with E-state index in [-0.39, 0.29) is 4.90 Å². The second-order valence-electron chi connectivity index (χ2n) is 4.46. The minimum atomic E-state index is -3.73. The van der Waals surface area contributed by atoms with Gasteiger partial charge in [-0.15, -0.1) is 0 Å². The molecule has 118 valence electrons. The molecule has 7 heteroatoms. The lowest BCUT2D eigenvalue weighted by atomic mass is 10.3. The molecule has 0 aliphatic heterocycles. The smallest absolute Gasteiger partial charge is 0.264 e. The summed E-state index contributed by atoms with van der Waals surface area (Å²) in [7, 11) is 0.726. The molecule has 0 aromatic heterocycles. The molecule has 0 N–H and O–H groups in total. The van der Waals surface area contributed by atoms with Gasteiger partial charge in [-0.2, -0.15) is 0 Å². The van der Waals surface area contributed by atoms with E-state index in [4.69, 9.17) is 21.1 Å². The molecule has 0 bridgehead atoms. The van der Waals surface area contributed by atoms with Gasteiger partial charge in [-0.25, -0.2) is 8.42 Å². The fourth-order valence-electron chi connectivity index (χ4n) is 1.94. The number of nitrogens with zero attached hydrogens (tertiary/aromatic N) is 1. The van der Waals surface area contributed by atoms with E-state index in [2.05, 4.69) is 0 Å². The van der Waals surface area contributed by atoms with Crippen molar-refractivity contribution in [2.75, 3.05) is 25.6 Å². The van der Waals surface area contributed by atoms with Gasteiger partial charge in [-0.1, -0.05) is 11.6 Å². The molecule has 2 aromatic rings. The van der Waals surface area contributed by atoms with Crippen LogP contribution in [0.3, 0.4) is 0 Å². The van der Waals surface area contributed by atoms with Gasteiger partial charge in [0.25, 0.3) is 10.0 Å². The Morgan fingerprint density at radius 1 is 1.00 bits per heavy atom. The van der Waals surface area contributed by atoms with Crippen molar-refractivity contribution in [2.45, 2.75) is 4.90 Å². The molecule has 2 rings (SSSR count). The average molecular weight is 342 g/mol. The first-order valence-electron chi connectivity index (χ1n) is 6.36. The van der Waals surface area contributed by atoms with Gasteiger partial charge in [0.2, 0.25) is 0 Å². The Morgan fingerprint density at radius 3 is 2.18 bits per heavy atom. The zero-order valence-corrected chi connectivity index (χ0v) is 14.0. The summed E-state index contributed by atoms with van der Waals surface area (Å²) in [5.74, 6) is 0.967. The van der Waals surface area contributed by atoms with E-state index in [0.717, 1.165) is 4.31 Å². The molecular formula is C15H16ClNO4S. The van der Waals surface area contributed by atoms with Crippen molar-refractivity contribution in [3.63, 3.8) is 0 Å². The van der Waals surface area contributed by atoms with Crippen molar-refractivity contribution in [1.29, 1.82) is 0 Å². The van der Waals surface area contributed by atoms with Crippen molar-refractivity contribution in [3.8, 4) is 11.5 Å². The zero-order chi connectivity index (χ0) is 16.3. The lowest BCUT2D eigenvalue weighted by Gasteiger charge is -2.22. The van der Waals surface area contributed by atoms with Crippen LogP contribution in [0.25, 0.3) is 0 Å². The van der Waals surface area contributed by atoms with E-state index in [1.165, 1.54) is 45.5 Å². The topological polar surface area (TPSA) is 55.8 Å². The molecule has 0 amide bonds. The maximum Gasteiger partial charge on any atom is 0.264 e. The summed E-state index contributed by atoms with van der Waals surface area (Å²) < 4.78 is 36.9. The van der Waals surface area contributed by atoms with Crippen molar-refractivity contribution in [1.82, 2.24) is 0 Å². The standard InChI is InChI=1S/C15H16ClNO4S/c1-17(14-10-12(20-2)6-9-15(14)21-3)22(18,19)13-7-4-11(16)5-8-13/h4-10H,1-3H3. The molecule has 0 aliphatic rings. The van der Waals surface area contributed by atoms with Crippen LogP contribution in [0, 0.1) is 0 Å². The molecule has 0 radical (unpaired) electrons. The molecule has 0 spiro atoms. The SMILES string of the molecule is COc1ccc(OC)c(N(C)S(=O)(=O)c2ccc(Cl)cc2)c1. The van der Waals surface area contributed by atoms with E-state index < -0.39 is 10.0 Å². The molecule has 0 unspecified atom stereocenters.